The number of halogens is 6. The lowest BCUT2D eigenvalue weighted by atomic mass is 10.0. The first-order valence-corrected chi connectivity index (χ1v) is 11.2. The van der Waals surface area contributed by atoms with Gasteiger partial charge in [-0.15, -0.1) is 10.2 Å². The lowest BCUT2D eigenvalue weighted by Crippen LogP contribution is -2.17. The number of alkyl halides is 6. The number of carbonyl (C=O) groups is 1. The highest BCUT2D eigenvalue weighted by atomic mass is 32.2. The summed E-state index contributed by atoms with van der Waals surface area (Å²) in [4.78, 5) is 16.9. The number of anilines is 1. The number of aromatic nitrogens is 3. The van der Waals surface area contributed by atoms with Crippen molar-refractivity contribution in [3.05, 3.63) is 77.0 Å². The van der Waals surface area contributed by atoms with Crippen molar-refractivity contribution in [2.24, 2.45) is 0 Å². The van der Waals surface area contributed by atoms with Gasteiger partial charge in [0.25, 0.3) is 5.91 Å². The third-order valence-electron chi connectivity index (χ3n) is 4.48. The van der Waals surface area contributed by atoms with Gasteiger partial charge in [-0.1, -0.05) is 47.4 Å². The maximum Gasteiger partial charge on any atom is 0.416 e. The Balaban J connectivity index is 1.46. The molecule has 2 aromatic carbocycles. The van der Waals surface area contributed by atoms with E-state index >= 15 is 0 Å². The van der Waals surface area contributed by atoms with Crippen LogP contribution in [-0.4, -0.2) is 21.1 Å². The van der Waals surface area contributed by atoms with Gasteiger partial charge >= 0.3 is 12.4 Å². The van der Waals surface area contributed by atoms with Crippen LogP contribution < -0.4 is 5.32 Å². The Morgan fingerprint density at radius 1 is 0.912 bits per heavy atom. The van der Waals surface area contributed by atoms with E-state index in [-0.39, 0.29) is 11.2 Å². The highest BCUT2D eigenvalue weighted by Gasteiger charge is 2.37. The lowest BCUT2D eigenvalue weighted by Gasteiger charge is -2.13. The van der Waals surface area contributed by atoms with E-state index in [0.717, 1.165) is 27.9 Å². The molecular formula is C21H12F6N4OS2. The molecule has 1 N–H and O–H groups in total. The van der Waals surface area contributed by atoms with Crippen LogP contribution in [0, 0.1) is 0 Å². The minimum absolute atomic E-state index is 0.0443. The molecule has 0 fully saturated rings. The van der Waals surface area contributed by atoms with Crippen molar-refractivity contribution < 1.29 is 31.1 Å². The Morgan fingerprint density at radius 3 is 2.26 bits per heavy atom. The van der Waals surface area contributed by atoms with Crippen molar-refractivity contribution >= 4 is 45.0 Å². The highest BCUT2D eigenvalue weighted by Crippen LogP contribution is 2.36. The summed E-state index contributed by atoms with van der Waals surface area (Å²) in [7, 11) is 0. The molecule has 176 valence electrons. The van der Waals surface area contributed by atoms with Gasteiger partial charge in [0, 0.05) is 16.7 Å². The molecule has 0 saturated heterocycles. The number of fused-ring (bicyclic) bond motifs is 1. The van der Waals surface area contributed by atoms with Gasteiger partial charge in [-0.05, 0) is 30.3 Å². The number of nitrogens with zero attached hydrogens (tertiary/aromatic N) is 3. The maximum absolute atomic E-state index is 13.0. The number of hydrogen-bond donors (Lipinski definition) is 1. The standard InChI is InChI=1S/C21H12F6N4OS2/c22-20(23,24)13-7-12(8-14(9-13)21(25,26)27)17(32)29-18-30-31-19(34-18)33-10-15-6-5-11-3-1-2-4-16(11)28-15/h1-9H,10H2,(H,29,30,32). The molecule has 0 aliphatic carbocycles. The van der Waals surface area contributed by atoms with Crippen molar-refractivity contribution in [3.8, 4) is 0 Å². The summed E-state index contributed by atoms with van der Waals surface area (Å²) in [6.45, 7) is 0. The van der Waals surface area contributed by atoms with Gasteiger partial charge in [-0.3, -0.25) is 15.1 Å². The van der Waals surface area contributed by atoms with Crippen LogP contribution in [0.4, 0.5) is 31.5 Å². The van der Waals surface area contributed by atoms with Crippen LogP contribution >= 0.6 is 23.1 Å². The largest absolute Gasteiger partial charge is 0.416 e. The van der Waals surface area contributed by atoms with Crippen LogP contribution in [0.2, 0.25) is 0 Å². The topological polar surface area (TPSA) is 67.8 Å². The number of nitrogens with one attached hydrogen (secondary N) is 1. The van der Waals surface area contributed by atoms with Crippen LogP contribution in [0.25, 0.3) is 10.9 Å². The zero-order valence-corrected chi connectivity index (χ0v) is 18.4. The minimum Gasteiger partial charge on any atom is -0.296 e. The summed E-state index contributed by atoms with van der Waals surface area (Å²) in [6, 6.07) is 12.0. The van der Waals surface area contributed by atoms with Crippen molar-refractivity contribution in [2.75, 3.05) is 5.32 Å². The third-order valence-corrected chi connectivity index (χ3v) is 6.48. The quantitative estimate of drug-likeness (QED) is 0.183. The van der Waals surface area contributed by atoms with E-state index in [4.69, 9.17) is 0 Å². The average Bonchev–Trinajstić information content (AvgIpc) is 3.23. The van der Waals surface area contributed by atoms with Crippen LogP contribution in [-0.2, 0) is 18.1 Å². The van der Waals surface area contributed by atoms with Crippen LogP contribution in [0.5, 0.6) is 0 Å². The number of rotatable bonds is 5. The molecule has 1 amide bonds. The number of carbonyl (C=O) groups excluding carboxylic acids is 1. The predicted octanol–water partition coefficient (Wildman–Crippen LogP) is 6.67. The number of para-hydroxylation sites is 1. The van der Waals surface area contributed by atoms with Gasteiger partial charge in [0.15, 0.2) is 4.34 Å². The zero-order chi connectivity index (χ0) is 24.5. The second-order valence-electron chi connectivity index (χ2n) is 6.91. The fourth-order valence-corrected chi connectivity index (χ4v) is 4.55. The summed E-state index contributed by atoms with van der Waals surface area (Å²) in [5, 5.41) is 10.7. The fourth-order valence-electron chi connectivity index (χ4n) is 2.90. The lowest BCUT2D eigenvalue weighted by molar-refractivity contribution is -0.143. The van der Waals surface area contributed by atoms with Crippen molar-refractivity contribution in [3.63, 3.8) is 0 Å². The Labute approximate surface area is 196 Å². The molecule has 4 aromatic rings. The van der Waals surface area contributed by atoms with E-state index in [1.54, 1.807) is 0 Å². The Morgan fingerprint density at radius 2 is 1.59 bits per heavy atom. The van der Waals surface area contributed by atoms with Gasteiger partial charge in [0.2, 0.25) is 5.13 Å². The van der Waals surface area contributed by atoms with Crippen molar-refractivity contribution in [1.29, 1.82) is 0 Å². The van der Waals surface area contributed by atoms with E-state index in [1.807, 2.05) is 36.4 Å². The molecule has 0 spiro atoms. The average molecular weight is 514 g/mol. The number of amides is 1. The normalized spacial score (nSPS) is 12.2. The molecule has 0 saturated carbocycles. The van der Waals surface area contributed by atoms with Crippen LogP contribution in [0.3, 0.4) is 0 Å². The summed E-state index contributed by atoms with van der Waals surface area (Å²) in [5.74, 6) is -0.726. The molecule has 4 rings (SSSR count). The molecule has 2 heterocycles. The van der Waals surface area contributed by atoms with Crippen LogP contribution in [0.15, 0.2) is 58.9 Å². The first-order valence-electron chi connectivity index (χ1n) is 9.41. The van der Waals surface area contributed by atoms with E-state index < -0.39 is 35.0 Å². The summed E-state index contributed by atoms with van der Waals surface area (Å²) < 4.78 is 78.5. The van der Waals surface area contributed by atoms with Gasteiger partial charge in [0.05, 0.1) is 22.3 Å². The molecule has 13 heteroatoms. The molecule has 2 aromatic heterocycles. The minimum atomic E-state index is -5.06. The van der Waals surface area contributed by atoms with Gasteiger partial charge in [-0.2, -0.15) is 26.3 Å². The second kappa shape index (κ2) is 9.22. The zero-order valence-electron chi connectivity index (χ0n) is 16.7. The molecule has 0 atom stereocenters. The van der Waals surface area contributed by atoms with Gasteiger partial charge < -0.3 is 0 Å². The Kier molecular flexibility index (Phi) is 6.49. The SMILES string of the molecule is O=C(Nc1nnc(SCc2ccc3ccccc3n2)s1)c1cc(C(F)(F)F)cc(C(F)(F)F)c1. The molecule has 0 aliphatic heterocycles. The maximum atomic E-state index is 13.0. The first kappa shape index (κ1) is 24.0. The molecule has 5 nitrogen and oxygen atoms in total. The molecule has 0 unspecified atom stereocenters. The fraction of sp³-hybridized carbons (Fsp3) is 0.143. The summed E-state index contributed by atoms with van der Waals surface area (Å²) in [6.07, 6.45) is -10.1. The Bertz CT molecular complexity index is 1320. The van der Waals surface area contributed by atoms with E-state index in [1.165, 1.54) is 11.8 Å². The van der Waals surface area contributed by atoms with Crippen molar-refractivity contribution in [2.45, 2.75) is 22.4 Å². The molecule has 0 bridgehead atoms. The molecule has 0 aliphatic rings. The third kappa shape index (κ3) is 5.65. The van der Waals surface area contributed by atoms with E-state index in [2.05, 4.69) is 20.5 Å². The van der Waals surface area contributed by atoms with E-state index in [0.29, 0.717) is 22.2 Å². The first-order chi connectivity index (χ1) is 16.0. The smallest absolute Gasteiger partial charge is 0.296 e. The predicted molar refractivity (Wildman–Crippen MR) is 116 cm³/mol. The Hall–Kier alpha value is -3.19. The number of thioether (sulfide) groups is 1. The monoisotopic (exact) mass is 514 g/mol. The number of benzene rings is 2. The molecule has 0 radical (unpaired) electrons. The van der Waals surface area contributed by atoms with E-state index in [9.17, 15) is 31.1 Å². The summed E-state index contributed by atoms with van der Waals surface area (Å²) in [5.41, 5.74) is -2.36. The second-order valence-corrected chi connectivity index (χ2v) is 9.11. The van der Waals surface area contributed by atoms with Crippen molar-refractivity contribution in [1.82, 2.24) is 15.2 Å². The van der Waals surface area contributed by atoms with Crippen LogP contribution in [0.1, 0.15) is 27.2 Å². The summed E-state index contributed by atoms with van der Waals surface area (Å²) >= 11 is 2.21. The molecular weight excluding hydrogens is 502 g/mol. The number of hydrogen-bond acceptors (Lipinski definition) is 6. The number of pyridine rings is 1. The van der Waals surface area contributed by atoms with Gasteiger partial charge in [0.1, 0.15) is 0 Å². The highest BCUT2D eigenvalue weighted by molar-refractivity contribution is 8.00. The van der Waals surface area contributed by atoms with Gasteiger partial charge in [-0.25, -0.2) is 0 Å². The molecule has 34 heavy (non-hydrogen) atoms.